The van der Waals surface area contributed by atoms with E-state index in [9.17, 15) is 36.2 Å². The van der Waals surface area contributed by atoms with Crippen LogP contribution in [0.2, 0.25) is 0 Å². The van der Waals surface area contributed by atoms with Crippen molar-refractivity contribution in [2.45, 2.75) is 22.8 Å². The number of rotatable bonds is 5. The number of alkyl halides is 3. The Bertz CT molecular complexity index is 1270. The van der Waals surface area contributed by atoms with Crippen LogP contribution in [-0.2, 0) is 16.2 Å². The van der Waals surface area contributed by atoms with Gasteiger partial charge in [0.25, 0.3) is 0 Å². The van der Waals surface area contributed by atoms with Gasteiger partial charge in [-0.2, -0.15) is 28.0 Å². The van der Waals surface area contributed by atoms with E-state index in [0.717, 1.165) is 18.2 Å². The molecule has 0 unspecified atom stereocenters. The molecule has 2 aromatic carbocycles. The number of nitriles is 2. The SMILES string of the molecule is N#Cc1ccc(S(=O)(=O)N2C[C@H](Oc3ccc(C#N)c(F)c3)[C@](O)(CO)C2)c(C(F)(F)F)c1. The zero-order valence-electron chi connectivity index (χ0n) is 16.5. The lowest BCUT2D eigenvalue weighted by Crippen LogP contribution is -2.48. The van der Waals surface area contributed by atoms with Gasteiger partial charge in [-0.3, -0.25) is 0 Å². The fraction of sp³-hybridized carbons (Fsp3) is 0.300. The molecule has 1 heterocycles. The lowest BCUT2D eigenvalue weighted by Gasteiger charge is -2.27. The second kappa shape index (κ2) is 8.61. The van der Waals surface area contributed by atoms with E-state index < -0.39 is 69.4 Å². The molecule has 0 bridgehead atoms. The fourth-order valence-electron chi connectivity index (χ4n) is 3.32. The molecular weight excluding hydrogens is 470 g/mol. The van der Waals surface area contributed by atoms with E-state index in [1.54, 1.807) is 6.07 Å². The number of hydrogen-bond donors (Lipinski definition) is 2. The van der Waals surface area contributed by atoms with Gasteiger partial charge in [0.2, 0.25) is 10.0 Å². The van der Waals surface area contributed by atoms with E-state index in [1.807, 2.05) is 0 Å². The summed E-state index contributed by atoms with van der Waals surface area (Å²) in [6.45, 7) is -2.49. The Hall–Kier alpha value is -3.23. The first-order valence-electron chi connectivity index (χ1n) is 9.17. The van der Waals surface area contributed by atoms with Crippen molar-refractivity contribution in [2.75, 3.05) is 19.7 Å². The summed E-state index contributed by atoms with van der Waals surface area (Å²) < 4.78 is 86.4. The third kappa shape index (κ3) is 4.62. The molecule has 0 aliphatic carbocycles. The monoisotopic (exact) mass is 485 g/mol. The van der Waals surface area contributed by atoms with Gasteiger partial charge in [0.05, 0.1) is 40.8 Å². The third-order valence-corrected chi connectivity index (χ3v) is 6.93. The number of benzene rings is 2. The van der Waals surface area contributed by atoms with E-state index in [4.69, 9.17) is 15.3 Å². The molecule has 0 spiro atoms. The molecule has 0 saturated carbocycles. The number of aliphatic hydroxyl groups is 2. The zero-order chi connectivity index (χ0) is 24.6. The van der Waals surface area contributed by atoms with E-state index >= 15 is 0 Å². The van der Waals surface area contributed by atoms with Crippen molar-refractivity contribution < 1.29 is 40.9 Å². The first-order valence-corrected chi connectivity index (χ1v) is 10.6. The minimum atomic E-state index is -5.10. The highest BCUT2D eigenvalue weighted by Gasteiger charge is 2.52. The maximum Gasteiger partial charge on any atom is 0.417 e. The summed E-state index contributed by atoms with van der Waals surface area (Å²) in [6, 6.07) is 8.12. The quantitative estimate of drug-likeness (QED) is 0.617. The zero-order valence-corrected chi connectivity index (χ0v) is 17.4. The highest BCUT2D eigenvalue weighted by atomic mass is 32.2. The lowest BCUT2D eigenvalue weighted by molar-refractivity contribution is -0.139. The van der Waals surface area contributed by atoms with E-state index in [2.05, 4.69) is 0 Å². The van der Waals surface area contributed by atoms with Crippen molar-refractivity contribution in [3.8, 4) is 17.9 Å². The minimum Gasteiger partial charge on any atom is -0.486 e. The molecule has 1 aliphatic rings. The molecule has 8 nitrogen and oxygen atoms in total. The average molecular weight is 485 g/mol. The second-order valence-corrected chi connectivity index (χ2v) is 9.15. The van der Waals surface area contributed by atoms with E-state index in [-0.39, 0.29) is 11.3 Å². The maximum absolute atomic E-state index is 13.9. The molecule has 1 aliphatic heterocycles. The Morgan fingerprint density at radius 2 is 1.88 bits per heavy atom. The molecule has 2 aromatic rings. The van der Waals surface area contributed by atoms with Crippen molar-refractivity contribution >= 4 is 10.0 Å². The summed E-state index contributed by atoms with van der Waals surface area (Å²) in [5.41, 5.74) is -4.48. The highest BCUT2D eigenvalue weighted by molar-refractivity contribution is 7.89. The van der Waals surface area contributed by atoms with Crippen LogP contribution < -0.4 is 4.74 Å². The summed E-state index contributed by atoms with van der Waals surface area (Å²) in [5.74, 6) is -1.14. The molecule has 2 N–H and O–H groups in total. The smallest absolute Gasteiger partial charge is 0.417 e. The molecule has 1 saturated heterocycles. The summed E-state index contributed by atoms with van der Waals surface area (Å²) in [5, 5.41) is 38.0. The number of nitrogens with zero attached hydrogens (tertiary/aromatic N) is 3. The van der Waals surface area contributed by atoms with Crippen LogP contribution in [0, 0.1) is 28.5 Å². The van der Waals surface area contributed by atoms with Gasteiger partial charge >= 0.3 is 6.18 Å². The van der Waals surface area contributed by atoms with Crippen LogP contribution in [0.3, 0.4) is 0 Å². The van der Waals surface area contributed by atoms with Gasteiger partial charge in [0.15, 0.2) is 0 Å². The average Bonchev–Trinajstić information content (AvgIpc) is 3.10. The number of ether oxygens (including phenoxy) is 1. The second-order valence-electron chi connectivity index (χ2n) is 7.24. The van der Waals surface area contributed by atoms with Crippen LogP contribution in [0.1, 0.15) is 16.7 Å². The topological polar surface area (TPSA) is 135 Å². The summed E-state index contributed by atoms with van der Waals surface area (Å²) in [6.07, 6.45) is -6.57. The van der Waals surface area contributed by atoms with Crippen molar-refractivity contribution in [3.63, 3.8) is 0 Å². The molecule has 1 fully saturated rings. The van der Waals surface area contributed by atoms with Gasteiger partial charge in [0, 0.05) is 12.6 Å². The Kier molecular flexibility index (Phi) is 6.37. The first kappa shape index (κ1) is 24.4. The van der Waals surface area contributed by atoms with Crippen molar-refractivity contribution in [1.82, 2.24) is 4.31 Å². The van der Waals surface area contributed by atoms with Crippen LogP contribution in [0.25, 0.3) is 0 Å². The highest BCUT2D eigenvalue weighted by Crippen LogP contribution is 2.38. The third-order valence-electron chi connectivity index (χ3n) is 5.06. The normalized spacial score (nSPS) is 21.4. The number of hydrogen-bond acceptors (Lipinski definition) is 7. The molecular formula is C20H15F4N3O5S. The predicted octanol–water partition coefficient (Wildman–Crippen LogP) is 1.76. The molecule has 0 aromatic heterocycles. The number of aliphatic hydroxyl groups excluding tert-OH is 1. The molecule has 2 atom stereocenters. The van der Waals surface area contributed by atoms with Gasteiger partial charge in [-0.15, -0.1) is 0 Å². The molecule has 3 rings (SSSR count). The van der Waals surface area contributed by atoms with E-state index in [1.165, 1.54) is 12.1 Å². The Labute approximate surface area is 185 Å². The number of β-amino-alcohol motifs (C(OH)–C–C–N with tert-alkyl or cyclic N) is 1. The Morgan fingerprint density at radius 3 is 2.42 bits per heavy atom. The van der Waals surface area contributed by atoms with Crippen LogP contribution in [-0.4, -0.2) is 54.3 Å². The van der Waals surface area contributed by atoms with Crippen molar-refractivity contribution in [3.05, 3.63) is 58.9 Å². The lowest BCUT2D eigenvalue weighted by atomic mass is 10.0. The first-order chi connectivity index (χ1) is 15.4. The largest absolute Gasteiger partial charge is 0.486 e. The molecule has 0 radical (unpaired) electrons. The molecule has 13 heteroatoms. The van der Waals surface area contributed by atoms with Crippen molar-refractivity contribution in [1.29, 1.82) is 10.5 Å². The van der Waals surface area contributed by atoms with Crippen LogP contribution in [0.5, 0.6) is 5.75 Å². The minimum absolute atomic E-state index is 0.197. The standard InChI is InChI=1S/C20H15F4N3O5S/c21-16-6-14(3-2-13(16)8-26)32-18-9-27(10-19(18,29)11-28)33(30,31)17-4-1-12(7-25)5-15(17)20(22,23)24/h1-6,18,28-29H,9-11H2/t18-,19+/m0/s1. The van der Waals surface area contributed by atoms with Gasteiger partial charge in [0.1, 0.15) is 29.3 Å². The molecule has 0 amide bonds. The molecule has 33 heavy (non-hydrogen) atoms. The van der Waals surface area contributed by atoms with Crippen LogP contribution >= 0.6 is 0 Å². The molecule has 174 valence electrons. The van der Waals surface area contributed by atoms with Crippen LogP contribution in [0.4, 0.5) is 17.6 Å². The Balaban J connectivity index is 1.97. The van der Waals surface area contributed by atoms with Crippen LogP contribution in [0.15, 0.2) is 41.3 Å². The van der Waals surface area contributed by atoms with Gasteiger partial charge < -0.3 is 14.9 Å². The predicted molar refractivity (Wildman–Crippen MR) is 102 cm³/mol. The van der Waals surface area contributed by atoms with E-state index in [0.29, 0.717) is 16.4 Å². The summed E-state index contributed by atoms with van der Waals surface area (Å²) >= 11 is 0. The summed E-state index contributed by atoms with van der Waals surface area (Å²) in [4.78, 5) is -1.14. The summed E-state index contributed by atoms with van der Waals surface area (Å²) in [7, 11) is -4.87. The van der Waals surface area contributed by atoms with Gasteiger partial charge in [-0.05, 0) is 30.3 Å². The number of sulfonamides is 1. The fourth-order valence-corrected chi connectivity index (χ4v) is 5.01. The van der Waals surface area contributed by atoms with Crippen molar-refractivity contribution in [2.24, 2.45) is 0 Å². The van der Waals surface area contributed by atoms with Gasteiger partial charge in [-0.25, -0.2) is 12.8 Å². The number of halogens is 4. The van der Waals surface area contributed by atoms with Gasteiger partial charge in [-0.1, -0.05) is 0 Å². The Morgan fingerprint density at radius 1 is 1.18 bits per heavy atom. The maximum atomic E-state index is 13.9.